The van der Waals surface area contributed by atoms with Gasteiger partial charge in [0.15, 0.2) is 0 Å². The van der Waals surface area contributed by atoms with Gasteiger partial charge in [0.25, 0.3) is 5.91 Å². The third-order valence-corrected chi connectivity index (χ3v) is 2.60. The lowest BCUT2D eigenvalue weighted by atomic mass is 10.2. The van der Waals surface area contributed by atoms with Crippen LogP contribution in [0.4, 0.5) is 5.69 Å². The minimum absolute atomic E-state index is 0.252. The van der Waals surface area contributed by atoms with E-state index in [-0.39, 0.29) is 5.91 Å². The van der Waals surface area contributed by atoms with E-state index in [1.54, 1.807) is 42.7 Å². The lowest BCUT2D eigenvalue weighted by Crippen LogP contribution is -2.11. The van der Waals surface area contributed by atoms with E-state index >= 15 is 0 Å². The Bertz CT molecular complexity index is 620. The Kier molecular flexibility index (Phi) is 3.56. The second-order valence-electron chi connectivity index (χ2n) is 3.50. The topological polar surface area (TPSA) is 65.8 Å². The van der Waals surface area contributed by atoms with Gasteiger partial charge in [-0.05, 0) is 30.3 Å². The average molecular weight is 258 g/mol. The lowest BCUT2D eigenvalue weighted by Gasteiger charge is -2.05. The highest BCUT2D eigenvalue weighted by Gasteiger charge is 2.07. The highest BCUT2D eigenvalue weighted by molar-refractivity contribution is 6.32. The summed E-state index contributed by atoms with van der Waals surface area (Å²) in [5.41, 5.74) is 1.42. The summed E-state index contributed by atoms with van der Waals surface area (Å²) in [6.45, 7) is 0. The molecule has 4 nitrogen and oxygen atoms in total. The molecule has 0 aliphatic heterocycles. The number of carbonyl (C=O) groups excluding carboxylic acids is 1. The van der Waals surface area contributed by atoms with Crippen LogP contribution in [0, 0.1) is 11.3 Å². The van der Waals surface area contributed by atoms with E-state index in [0.717, 1.165) is 0 Å². The summed E-state index contributed by atoms with van der Waals surface area (Å²) < 4.78 is 0. The number of nitrogens with zero attached hydrogens (tertiary/aromatic N) is 2. The summed E-state index contributed by atoms with van der Waals surface area (Å²) in [5.74, 6) is -0.252. The Balaban J connectivity index is 2.18. The van der Waals surface area contributed by atoms with E-state index in [0.29, 0.717) is 21.8 Å². The second-order valence-corrected chi connectivity index (χ2v) is 3.90. The number of carbonyl (C=O) groups is 1. The number of rotatable bonds is 2. The van der Waals surface area contributed by atoms with Crippen LogP contribution in [0.15, 0.2) is 42.7 Å². The number of nitriles is 1. The number of hydrogen-bond acceptors (Lipinski definition) is 3. The third kappa shape index (κ3) is 2.65. The number of nitrogens with one attached hydrogen (secondary N) is 1. The third-order valence-electron chi connectivity index (χ3n) is 2.29. The fraction of sp³-hybridized carbons (Fsp3) is 0. The van der Waals surface area contributed by atoms with Crippen LogP contribution in [-0.2, 0) is 0 Å². The Morgan fingerprint density at radius 1 is 1.28 bits per heavy atom. The Morgan fingerprint density at radius 2 is 2.00 bits per heavy atom. The molecule has 88 valence electrons. The molecule has 2 rings (SSSR count). The molecule has 1 heterocycles. The maximum Gasteiger partial charge on any atom is 0.255 e. The SMILES string of the molecule is N#Cc1ccc(NC(=O)c2ccncc2)cc1Cl. The minimum Gasteiger partial charge on any atom is -0.322 e. The first-order chi connectivity index (χ1) is 8.70. The van der Waals surface area contributed by atoms with Gasteiger partial charge in [-0.2, -0.15) is 5.26 Å². The zero-order chi connectivity index (χ0) is 13.0. The molecule has 1 N–H and O–H groups in total. The molecule has 0 saturated carbocycles. The Hall–Kier alpha value is -2.38. The fourth-order valence-corrected chi connectivity index (χ4v) is 1.61. The average Bonchev–Trinajstić information content (AvgIpc) is 2.40. The molecule has 1 amide bonds. The normalized spacial score (nSPS) is 9.56. The second kappa shape index (κ2) is 5.30. The van der Waals surface area contributed by atoms with Gasteiger partial charge in [-0.3, -0.25) is 9.78 Å². The molecule has 18 heavy (non-hydrogen) atoms. The molecule has 0 spiro atoms. The molecule has 1 aromatic carbocycles. The van der Waals surface area contributed by atoms with E-state index in [1.807, 2.05) is 6.07 Å². The van der Waals surface area contributed by atoms with Crippen molar-refractivity contribution >= 4 is 23.2 Å². The smallest absolute Gasteiger partial charge is 0.255 e. The molecule has 0 aliphatic rings. The number of pyridine rings is 1. The number of aromatic nitrogens is 1. The minimum atomic E-state index is -0.252. The van der Waals surface area contributed by atoms with E-state index < -0.39 is 0 Å². The predicted octanol–water partition coefficient (Wildman–Crippen LogP) is 2.86. The number of anilines is 1. The van der Waals surface area contributed by atoms with E-state index in [1.165, 1.54) is 0 Å². The zero-order valence-electron chi connectivity index (χ0n) is 9.22. The van der Waals surface area contributed by atoms with Crippen LogP contribution in [0.5, 0.6) is 0 Å². The van der Waals surface area contributed by atoms with Gasteiger partial charge < -0.3 is 5.32 Å². The highest BCUT2D eigenvalue weighted by Crippen LogP contribution is 2.20. The van der Waals surface area contributed by atoms with Gasteiger partial charge in [-0.25, -0.2) is 0 Å². The quantitative estimate of drug-likeness (QED) is 0.900. The molecule has 0 fully saturated rings. The standard InChI is InChI=1S/C13H8ClN3O/c14-12-7-11(2-1-10(12)8-15)17-13(18)9-3-5-16-6-4-9/h1-7H,(H,17,18). The van der Waals surface area contributed by atoms with E-state index in [2.05, 4.69) is 10.3 Å². The van der Waals surface area contributed by atoms with Crippen molar-refractivity contribution < 1.29 is 4.79 Å². The van der Waals surface area contributed by atoms with Crippen LogP contribution in [-0.4, -0.2) is 10.9 Å². The largest absolute Gasteiger partial charge is 0.322 e. The van der Waals surface area contributed by atoms with Crippen molar-refractivity contribution in [3.8, 4) is 6.07 Å². The summed E-state index contributed by atoms with van der Waals surface area (Å²) in [6, 6.07) is 9.91. The highest BCUT2D eigenvalue weighted by atomic mass is 35.5. The van der Waals surface area contributed by atoms with Crippen molar-refractivity contribution in [2.45, 2.75) is 0 Å². The van der Waals surface area contributed by atoms with Crippen LogP contribution >= 0.6 is 11.6 Å². The van der Waals surface area contributed by atoms with Gasteiger partial charge in [0.05, 0.1) is 10.6 Å². The number of amides is 1. The van der Waals surface area contributed by atoms with Gasteiger partial charge in [0, 0.05) is 23.6 Å². The van der Waals surface area contributed by atoms with Gasteiger partial charge in [-0.15, -0.1) is 0 Å². The first-order valence-electron chi connectivity index (χ1n) is 5.12. The number of hydrogen-bond donors (Lipinski definition) is 1. The summed E-state index contributed by atoms with van der Waals surface area (Å²) in [5, 5.41) is 11.7. The molecule has 0 unspecified atom stereocenters. The molecule has 2 aromatic rings. The Morgan fingerprint density at radius 3 is 2.61 bits per heavy atom. The first-order valence-corrected chi connectivity index (χ1v) is 5.49. The van der Waals surface area contributed by atoms with E-state index in [4.69, 9.17) is 16.9 Å². The summed E-state index contributed by atoms with van der Waals surface area (Å²) in [6.07, 6.45) is 3.08. The van der Waals surface area contributed by atoms with Crippen LogP contribution in [0.2, 0.25) is 5.02 Å². The number of halogens is 1. The predicted molar refractivity (Wildman–Crippen MR) is 68.4 cm³/mol. The summed E-state index contributed by atoms with van der Waals surface area (Å²) >= 11 is 5.88. The fourth-order valence-electron chi connectivity index (χ4n) is 1.39. The monoisotopic (exact) mass is 257 g/mol. The molecule has 0 saturated heterocycles. The molecule has 0 atom stereocenters. The molecular formula is C13H8ClN3O. The van der Waals surface area contributed by atoms with Crippen molar-refractivity contribution in [1.82, 2.24) is 4.98 Å². The maximum absolute atomic E-state index is 11.8. The molecule has 0 radical (unpaired) electrons. The van der Waals surface area contributed by atoms with Crippen molar-refractivity contribution in [1.29, 1.82) is 5.26 Å². The molecule has 0 aliphatic carbocycles. The van der Waals surface area contributed by atoms with Crippen LogP contribution in [0.3, 0.4) is 0 Å². The van der Waals surface area contributed by atoms with Gasteiger partial charge in [-0.1, -0.05) is 11.6 Å². The first kappa shape index (κ1) is 12.1. The molecule has 1 aromatic heterocycles. The Labute approximate surface area is 109 Å². The van der Waals surface area contributed by atoms with Crippen LogP contribution in [0.25, 0.3) is 0 Å². The van der Waals surface area contributed by atoms with Gasteiger partial charge in [0.2, 0.25) is 0 Å². The summed E-state index contributed by atoms with van der Waals surface area (Å²) in [4.78, 5) is 15.7. The molecule has 0 bridgehead atoms. The van der Waals surface area contributed by atoms with Crippen molar-refractivity contribution in [3.63, 3.8) is 0 Å². The van der Waals surface area contributed by atoms with Crippen LogP contribution < -0.4 is 5.32 Å². The van der Waals surface area contributed by atoms with Crippen molar-refractivity contribution in [2.24, 2.45) is 0 Å². The van der Waals surface area contributed by atoms with E-state index in [9.17, 15) is 4.79 Å². The van der Waals surface area contributed by atoms with Crippen LogP contribution in [0.1, 0.15) is 15.9 Å². The van der Waals surface area contributed by atoms with Crippen molar-refractivity contribution in [3.05, 3.63) is 58.9 Å². The maximum atomic E-state index is 11.8. The summed E-state index contributed by atoms with van der Waals surface area (Å²) in [7, 11) is 0. The molecular weight excluding hydrogens is 250 g/mol. The molecule has 5 heteroatoms. The van der Waals surface area contributed by atoms with Gasteiger partial charge >= 0.3 is 0 Å². The number of benzene rings is 1. The van der Waals surface area contributed by atoms with Gasteiger partial charge in [0.1, 0.15) is 6.07 Å². The van der Waals surface area contributed by atoms with Crippen molar-refractivity contribution in [2.75, 3.05) is 5.32 Å². The zero-order valence-corrected chi connectivity index (χ0v) is 9.98. The lowest BCUT2D eigenvalue weighted by molar-refractivity contribution is 0.102.